The van der Waals surface area contributed by atoms with Gasteiger partial charge in [0.25, 0.3) is 0 Å². The second-order valence-electron chi connectivity index (χ2n) is 5.08. The number of nitrogens with two attached hydrogens (primary N) is 1. The molecule has 6 heteroatoms. The van der Waals surface area contributed by atoms with E-state index in [-0.39, 0.29) is 11.9 Å². The summed E-state index contributed by atoms with van der Waals surface area (Å²) in [5.74, 6) is -0.00309. The molecule has 1 unspecified atom stereocenters. The highest BCUT2D eigenvalue weighted by Gasteiger charge is 2.29. The molecular weight excluding hydrogens is 276 g/mol. The van der Waals surface area contributed by atoms with Crippen LogP contribution >= 0.6 is 0 Å². The third-order valence-electron chi connectivity index (χ3n) is 3.44. The molecule has 0 radical (unpaired) electrons. The number of benzene rings is 1. The van der Waals surface area contributed by atoms with E-state index in [2.05, 4.69) is 0 Å². The lowest BCUT2D eigenvalue weighted by Gasteiger charge is -2.31. The highest BCUT2D eigenvalue weighted by Crippen LogP contribution is 2.20. The second kappa shape index (κ2) is 6.56. The lowest BCUT2D eigenvalue weighted by molar-refractivity contribution is 0.0264. The molecule has 1 aliphatic rings. The fourth-order valence-corrected chi connectivity index (χ4v) is 4.10. The van der Waals surface area contributed by atoms with Crippen molar-refractivity contribution in [1.29, 1.82) is 0 Å². The van der Waals surface area contributed by atoms with Crippen LogP contribution < -0.4 is 5.73 Å². The Bertz CT molecular complexity index is 543. The first-order valence-corrected chi connectivity index (χ1v) is 8.56. The number of piperidine rings is 1. The number of rotatable bonds is 5. The largest absolute Gasteiger partial charge is 0.399 e. The van der Waals surface area contributed by atoms with E-state index in [1.807, 2.05) is 6.92 Å². The number of ether oxygens (including phenoxy) is 1. The second-order valence-corrected chi connectivity index (χ2v) is 7.05. The van der Waals surface area contributed by atoms with Crippen LogP contribution in [0, 0.1) is 0 Å². The van der Waals surface area contributed by atoms with Crippen LogP contribution in [0.4, 0.5) is 5.69 Å². The maximum absolute atomic E-state index is 12.4. The van der Waals surface area contributed by atoms with Gasteiger partial charge in [-0.25, -0.2) is 8.42 Å². The Morgan fingerprint density at radius 2 is 2.25 bits per heavy atom. The summed E-state index contributed by atoms with van der Waals surface area (Å²) in [6, 6.07) is 7.03. The minimum absolute atomic E-state index is 0.00309. The molecule has 1 fully saturated rings. The van der Waals surface area contributed by atoms with Crippen LogP contribution in [-0.2, 0) is 20.5 Å². The summed E-state index contributed by atoms with van der Waals surface area (Å²) in [6.45, 7) is 3.58. The number of sulfonamides is 1. The molecule has 1 atom stereocenters. The van der Waals surface area contributed by atoms with E-state index in [0.29, 0.717) is 25.4 Å². The minimum Gasteiger partial charge on any atom is -0.399 e. The van der Waals surface area contributed by atoms with Crippen molar-refractivity contribution in [2.24, 2.45) is 0 Å². The third kappa shape index (κ3) is 3.94. The summed E-state index contributed by atoms with van der Waals surface area (Å²) in [7, 11) is -3.31. The van der Waals surface area contributed by atoms with E-state index >= 15 is 0 Å². The molecule has 0 amide bonds. The molecule has 2 N–H and O–H groups in total. The van der Waals surface area contributed by atoms with Crippen molar-refractivity contribution in [2.45, 2.75) is 31.6 Å². The molecule has 20 heavy (non-hydrogen) atoms. The normalized spacial score (nSPS) is 20.9. The monoisotopic (exact) mass is 298 g/mol. The highest BCUT2D eigenvalue weighted by molar-refractivity contribution is 7.88. The van der Waals surface area contributed by atoms with E-state index < -0.39 is 10.0 Å². The molecule has 0 aliphatic carbocycles. The molecule has 1 aliphatic heterocycles. The van der Waals surface area contributed by atoms with E-state index in [9.17, 15) is 8.42 Å². The van der Waals surface area contributed by atoms with Crippen molar-refractivity contribution in [1.82, 2.24) is 4.31 Å². The van der Waals surface area contributed by atoms with Crippen LogP contribution in [0.2, 0.25) is 0 Å². The van der Waals surface area contributed by atoms with E-state index in [4.69, 9.17) is 10.5 Å². The van der Waals surface area contributed by atoms with E-state index in [0.717, 1.165) is 18.4 Å². The van der Waals surface area contributed by atoms with Crippen LogP contribution in [-0.4, -0.2) is 38.5 Å². The highest BCUT2D eigenvalue weighted by atomic mass is 32.2. The SMILES string of the molecule is CCOC1CCCN(S(=O)(=O)Cc2cccc(N)c2)C1. The van der Waals surface area contributed by atoms with Gasteiger partial charge in [-0.3, -0.25) is 0 Å². The molecule has 1 aromatic carbocycles. The van der Waals surface area contributed by atoms with Gasteiger partial charge in [-0.2, -0.15) is 4.31 Å². The number of hydrogen-bond acceptors (Lipinski definition) is 4. The summed E-state index contributed by atoms with van der Waals surface area (Å²) in [5, 5.41) is 0. The van der Waals surface area contributed by atoms with Gasteiger partial charge in [0.15, 0.2) is 0 Å². The van der Waals surface area contributed by atoms with Gasteiger partial charge in [0.2, 0.25) is 10.0 Å². The van der Waals surface area contributed by atoms with Gasteiger partial charge in [-0.05, 0) is 37.5 Å². The molecule has 1 saturated heterocycles. The molecule has 1 heterocycles. The van der Waals surface area contributed by atoms with Gasteiger partial charge >= 0.3 is 0 Å². The average Bonchev–Trinajstić information content (AvgIpc) is 2.39. The van der Waals surface area contributed by atoms with Crippen LogP contribution in [0.25, 0.3) is 0 Å². The Kier molecular flexibility index (Phi) is 5.01. The Morgan fingerprint density at radius 1 is 1.45 bits per heavy atom. The van der Waals surface area contributed by atoms with Gasteiger partial charge in [0, 0.05) is 25.4 Å². The van der Waals surface area contributed by atoms with Crippen LogP contribution in [0.5, 0.6) is 0 Å². The molecule has 112 valence electrons. The maximum atomic E-state index is 12.4. The molecule has 1 aromatic rings. The minimum atomic E-state index is -3.31. The number of nitrogens with zero attached hydrogens (tertiary/aromatic N) is 1. The first kappa shape index (κ1) is 15.3. The maximum Gasteiger partial charge on any atom is 0.218 e. The quantitative estimate of drug-likeness (QED) is 0.838. The van der Waals surface area contributed by atoms with Crippen molar-refractivity contribution in [2.75, 3.05) is 25.4 Å². The first-order chi connectivity index (χ1) is 9.51. The average molecular weight is 298 g/mol. The predicted octanol–water partition coefficient (Wildman–Crippen LogP) is 1.60. The summed E-state index contributed by atoms with van der Waals surface area (Å²) < 4.78 is 32.0. The van der Waals surface area contributed by atoms with Crippen molar-refractivity contribution in [3.63, 3.8) is 0 Å². The van der Waals surface area contributed by atoms with Crippen molar-refractivity contribution < 1.29 is 13.2 Å². The smallest absolute Gasteiger partial charge is 0.218 e. The zero-order chi connectivity index (χ0) is 14.6. The summed E-state index contributed by atoms with van der Waals surface area (Å²) >= 11 is 0. The topological polar surface area (TPSA) is 72.6 Å². The summed E-state index contributed by atoms with van der Waals surface area (Å²) in [5.41, 5.74) is 7.00. The van der Waals surface area contributed by atoms with Crippen molar-refractivity contribution >= 4 is 15.7 Å². The molecule has 0 spiro atoms. The Morgan fingerprint density at radius 3 is 2.95 bits per heavy atom. The van der Waals surface area contributed by atoms with Gasteiger partial charge in [-0.15, -0.1) is 0 Å². The number of anilines is 1. The Labute approximate surface area is 120 Å². The summed E-state index contributed by atoms with van der Waals surface area (Å²) in [4.78, 5) is 0. The number of hydrogen-bond donors (Lipinski definition) is 1. The van der Waals surface area contributed by atoms with E-state index in [1.165, 1.54) is 0 Å². The fraction of sp³-hybridized carbons (Fsp3) is 0.571. The molecule has 2 rings (SSSR count). The van der Waals surface area contributed by atoms with Gasteiger partial charge in [-0.1, -0.05) is 12.1 Å². The van der Waals surface area contributed by atoms with E-state index in [1.54, 1.807) is 28.6 Å². The van der Waals surface area contributed by atoms with Gasteiger partial charge in [0.05, 0.1) is 11.9 Å². The molecule has 0 saturated carbocycles. The standard InChI is InChI=1S/C14H22N2O3S/c1-2-19-14-7-4-8-16(10-14)20(17,18)11-12-5-3-6-13(15)9-12/h3,5-6,9,14H,2,4,7-8,10-11,15H2,1H3. The van der Waals surface area contributed by atoms with Gasteiger partial charge < -0.3 is 10.5 Å². The Balaban J connectivity index is 2.06. The third-order valence-corrected chi connectivity index (χ3v) is 5.25. The lowest BCUT2D eigenvalue weighted by atomic mass is 10.1. The molecule has 0 bridgehead atoms. The van der Waals surface area contributed by atoms with Gasteiger partial charge in [0.1, 0.15) is 0 Å². The van der Waals surface area contributed by atoms with Crippen LogP contribution in [0.3, 0.4) is 0 Å². The molecule has 5 nitrogen and oxygen atoms in total. The Hall–Kier alpha value is -1.11. The van der Waals surface area contributed by atoms with Crippen molar-refractivity contribution in [3.8, 4) is 0 Å². The summed E-state index contributed by atoms with van der Waals surface area (Å²) in [6.07, 6.45) is 1.79. The molecular formula is C14H22N2O3S. The lowest BCUT2D eigenvalue weighted by Crippen LogP contribution is -2.43. The van der Waals surface area contributed by atoms with Crippen molar-refractivity contribution in [3.05, 3.63) is 29.8 Å². The molecule has 0 aromatic heterocycles. The van der Waals surface area contributed by atoms with Crippen LogP contribution in [0.1, 0.15) is 25.3 Å². The predicted molar refractivity (Wildman–Crippen MR) is 79.7 cm³/mol. The first-order valence-electron chi connectivity index (χ1n) is 6.95. The fourth-order valence-electron chi connectivity index (χ4n) is 2.51. The zero-order valence-corrected chi connectivity index (χ0v) is 12.6. The zero-order valence-electron chi connectivity index (χ0n) is 11.8. The number of nitrogen functional groups attached to an aromatic ring is 1. The van der Waals surface area contributed by atoms with Crippen LogP contribution in [0.15, 0.2) is 24.3 Å².